The Labute approximate surface area is 151 Å². The predicted octanol–water partition coefficient (Wildman–Crippen LogP) is 5.46. The number of hydrogen-bond acceptors (Lipinski definition) is 3. The zero-order valence-corrected chi connectivity index (χ0v) is 15.1. The summed E-state index contributed by atoms with van der Waals surface area (Å²) >= 11 is 0. The fourth-order valence-electron chi connectivity index (χ4n) is 2.30. The van der Waals surface area contributed by atoms with Gasteiger partial charge in [-0.3, -0.25) is 0 Å². The molecule has 0 unspecified atom stereocenters. The molecule has 0 radical (unpaired) electrons. The Morgan fingerprint density at radius 3 is 2.04 bits per heavy atom. The molecule has 0 amide bonds. The average Bonchev–Trinajstić information content (AvgIpc) is 3.07. The molecule has 1 saturated heterocycles. The molecule has 1 aromatic carbocycles. The van der Waals surface area contributed by atoms with Crippen molar-refractivity contribution in [2.45, 2.75) is 12.8 Å². The van der Waals surface area contributed by atoms with E-state index in [0.29, 0.717) is 13.2 Å². The van der Waals surface area contributed by atoms with E-state index in [2.05, 4.69) is 16.7 Å². The Bertz CT molecular complexity index is 750. The SMILES string of the molecule is COc1ccc(C[n+]2ccccc2C2OCCO2)cc1.F[P-](F)(F)(F)(F)F. The van der Waals surface area contributed by atoms with Gasteiger partial charge < -0.3 is 14.2 Å². The Hall–Kier alpha value is -1.90. The van der Waals surface area contributed by atoms with Crippen LogP contribution in [0.3, 0.4) is 0 Å². The summed E-state index contributed by atoms with van der Waals surface area (Å²) < 4.78 is 77.7. The fraction of sp³-hybridized carbons (Fsp3) is 0.312. The van der Waals surface area contributed by atoms with Gasteiger partial charge in [0.05, 0.1) is 20.3 Å². The molecule has 27 heavy (non-hydrogen) atoms. The first-order chi connectivity index (χ1) is 12.3. The van der Waals surface area contributed by atoms with Gasteiger partial charge in [0.15, 0.2) is 12.7 Å². The molecule has 2 heterocycles. The van der Waals surface area contributed by atoms with Gasteiger partial charge in [-0.2, -0.15) is 4.57 Å². The van der Waals surface area contributed by atoms with Crippen LogP contribution in [0.15, 0.2) is 48.7 Å². The van der Waals surface area contributed by atoms with Crippen LogP contribution in [0.5, 0.6) is 5.75 Å². The first-order valence-corrected chi connectivity index (χ1v) is 9.75. The first kappa shape index (κ1) is 21.4. The minimum absolute atomic E-state index is 0.255. The van der Waals surface area contributed by atoms with E-state index in [1.54, 1.807) is 7.11 Å². The van der Waals surface area contributed by atoms with E-state index in [1.807, 2.05) is 36.5 Å². The van der Waals surface area contributed by atoms with Crippen LogP contribution in [-0.4, -0.2) is 20.3 Å². The predicted molar refractivity (Wildman–Crippen MR) is 86.9 cm³/mol. The van der Waals surface area contributed by atoms with Crippen molar-refractivity contribution < 1.29 is 44.0 Å². The van der Waals surface area contributed by atoms with Crippen LogP contribution in [0.1, 0.15) is 17.5 Å². The molecule has 0 N–H and O–H groups in total. The van der Waals surface area contributed by atoms with Crippen molar-refractivity contribution in [3.8, 4) is 5.75 Å². The van der Waals surface area contributed by atoms with Crippen LogP contribution >= 0.6 is 7.81 Å². The molecule has 0 atom stereocenters. The molecule has 0 bridgehead atoms. The second kappa shape index (κ2) is 7.26. The monoisotopic (exact) mass is 417 g/mol. The molecular formula is C16H18F6NO3P. The Morgan fingerprint density at radius 2 is 1.52 bits per heavy atom. The normalized spacial score (nSPS) is 17.4. The van der Waals surface area contributed by atoms with Gasteiger partial charge in [-0.05, 0) is 30.3 Å². The molecule has 0 spiro atoms. The molecule has 11 heteroatoms. The summed E-state index contributed by atoms with van der Waals surface area (Å²) in [7, 11) is -8.98. The second-order valence-corrected chi connectivity index (χ2v) is 7.55. The molecule has 0 aliphatic carbocycles. The molecule has 152 valence electrons. The van der Waals surface area contributed by atoms with Crippen molar-refractivity contribution in [1.29, 1.82) is 0 Å². The standard InChI is InChI=1S/C16H18NO3.F6P/c1-18-14-7-5-13(6-8-14)12-17-9-3-2-4-15(17)16-19-10-11-20-16;1-7(2,3,4,5)6/h2-9,16H,10-12H2,1H3;/q+1;-1. The molecular weight excluding hydrogens is 399 g/mol. The van der Waals surface area contributed by atoms with E-state index in [0.717, 1.165) is 18.0 Å². The molecule has 0 saturated carbocycles. The molecule has 3 rings (SSSR count). The van der Waals surface area contributed by atoms with E-state index in [9.17, 15) is 25.2 Å². The van der Waals surface area contributed by atoms with Gasteiger partial charge >= 0.3 is 33.0 Å². The van der Waals surface area contributed by atoms with Crippen molar-refractivity contribution in [3.05, 3.63) is 59.9 Å². The van der Waals surface area contributed by atoms with E-state index >= 15 is 0 Å². The van der Waals surface area contributed by atoms with Gasteiger partial charge in [-0.1, -0.05) is 0 Å². The Morgan fingerprint density at radius 1 is 0.963 bits per heavy atom. The van der Waals surface area contributed by atoms with E-state index in [1.165, 1.54) is 5.56 Å². The van der Waals surface area contributed by atoms with Crippen LogP contribution in [0, 0.1) is 0 Å². The van der Waals surface area contributed by atoms with Gasteiger partial charge in [-0.25, -0.2) is 0 Å². The first-order valence-electron chi connectivity index (χ1n) is 7.73. The molecule has 2 aromatic rings. The molecule has 1 aliphatic heterocycles. The van der Waals surface area contributed by atoms with E-state index in [-0.39, 0.29) is 6.29 Å². The van der Waals surface area contributed by atoms with Gasteiger partial charge in [0.1, 0.15) is 5.75 Å². The number of aromatic nitrogens is 1. The topological polar surface area (TPSA) is 31.6 Å². The summed E-state index contributed by atoms with van der Waals surface area (Å²) in [6.45, 7) is 2.09. The van der Waals surface area contributed by atoms with Gasteiger partial charge in [0.2, 0.25) is 12.0 Å². The number of nitrogens with zero attached hydrogens (tertiary/aromatic N) is 1. The van der Waals surface area contributed by atoms with Crippen molar-refractivity contribution in [3.63, 3.8) is 0 Å². The molecule has 1 aromatic heterocycles. The number of benzene rings is 1. The van der Waals surface area contributed by atoms with Crippen LogP contribution < -0.4 is 9.30 Å². The third-order valence-electron chi connectivity index (χ3n) is 3.35. The average molecular weight is 417 g/mol. The number of hydrogen-bond donors (Lipinski definition) is 0. The number of pyridine rings is 1. The summed E-state index contributed by atoms with van der Waals surface area (Å²) in [6.07, 6.45) is 1.79. The quantitative estimate of drug-likeness (QED) is 0.376. The van der Waals surface area contributed by atoms with Gasteiger partial charge in [0.25, 0.3) is 0 Å². The number of methoxy groups -OCH3 is 1. The molecule has 4 nitrogen and oxygen atoms in total. The van der Waals surface area contributed by atoms with Crippen LogP contribution in [-0.2, 0) is 16.0 Å². The molecule has 1 fully saturated rings. The third kappa shape index (κ3) is 9.03. The second-order valence-electron chi connectivity index (χ2n) is 5.63. The number of halogens is 6. The van der Waals surface area contributed by atoms with Crippen molar-refractivity contribution in [2.75, 3.05) is 20.3 Å². The number of ether oxygens (including phenoxy) is 3. The summed E-state index contributed by atoms with van der Waals surface area (Å²) in [6, 6.07) is 14.1. The van der Waals surface area contributed by atoms with Crippen LogP contribution in [0.25, 0.3) is 0 Å². The summed E-state index contributed by atoms with van der Waals surface area (Å²) in [4.78, 5) is 0. The van der Waals surface area contributed by atoms with E-state index in [4.69, 9.17) is 14.2 Å². The van der Waals surface area contributed by atoms with Crippen LogP contribution in [0.2, 0.25) is 0 Å². The Kier molecular flexibility index (Phi) is 5.75. The zero-order valence-electron chi connectivity index (χ0n) is 14.2. The van der Waals surface area contributed by atoms with Gasteiger partial charge in [-0.15, -0.1) is 0 Å². The maximum atomic E-state index is 9.87. The number of rotatable bonds is 4. The zero-order chi connectivity index (χ0) is 20.2. The van der Waals surface area contributed by atoms with Gasteiger partial charge in [0, 0.05) is 17.7 Å². The fourth-order valence-corrected chi connectivity index (χ4v) is 2.30. The minimum atomic E-state index is -10.7. The van der Waals surface area contributed by atoms with Crippen LogP contribution in [0.4, 0.5) is 25.2 Å². The maximum absolute atomic E-state index is 10.7. The summed E-state index contributed by atoms with van der Waals surface area (Å²) in [5, 5.41) is 0. The summed E-state index contributed by atoms with van der Waals surface area (Å²) in [5.74, 6) is 0.870. The van der Waals surface area contributed by atoms with Crippen molar-refractivity contribution in [1.82, 2.24) is 0 Å². The van der Waals surface area contributed by atoms with E-state index < -0.39 is 7.81 Å². The van der Waals surface area contributed by atoms with Crippen molar-refractivity contribution >= 4 is 7.81 Å². The third-order valence-corrected chi connectivity index (χ3v) is 3.35. The molecule has 1 aliphatic rings. The Balaban J connectivity index is 0.000000321. The van der Waals surface area contributed by atoms with Crippen molar-refractivity contribution in [2.24, 2.45) is 0 Å². The summed E-state index contributed by atoms with van der Waals surface area (Å²) in [5.41, 5.74) is 2.25.